The summed E-state index contributed by atoms with van der Waals surface area (Å²) in [5.74, 6) is -0.741. The number of hydrogen-bond donors (Lipinski definition) is 1. The van der Waals surface area contributed by atoms with Gasteiger partial charge >= 0.3 is 11.9 Å². The second-order valence-electron chi connectivity index (χ2n) is 7.66. The van der Waals surface area contributed by atoms with Gasteiger partial charge in [-0.1, -0.05) is 6.07 Å². The Kier molecular flexibility index (Phi) is 6.42. The van der Waals surface area contributed by atoms with Crippen molar-refractivity contribution in [3.05, 3.63) is 23.8 Å². The molecule has 0 saturated heterocycles. The van der Waals surface area contributed by atoms with E-state index < -0.39 is 28.9 Å². The fraction of sp³-hybridized carbons (Fsp3) is 0.556. The van der Waals surface area contributed by atoms with Crippen LogP contribution in [0.15, 0.2) is 18.2 Å². The molecule has 0 saturated carbocycles. The van der Waals surface area contributed by atoms with Crippen molar-refractivity contribution in [3.63, 3.8) is 0 Å². The lowest BCUT2D eigenvalue weighted by molar-refractivity contribution is -0.145. The Labute approximate surface area is 147 Å². The lowest BCUT2D eigenvalue weighted by Crippen LogP contribution is -2.28. The zero-order valence-corrected chi connectivity index (χ0v) is 15.7. The first kappa shape index (κ1) is 20.5. The maximum atomic E-state index is 12.2. The van der Waals surface area contributed by atoms with Crippen LogP contribution in [-0.4, -0.2) is 22.9 Å². The fourth-order valence-corrected chi connectivity index (χ4v) is 1.67. The molecule has 0 radical (unpaired) electrons. The molecule has 134 valence electrons. The van der Waals surface area contributed by atoms with Crippen LogP contribution in [0.1, 0.15) is 53.2 Å². The summed E-state index contributed by atoms with van der Waals surface area (Å²) in [5.41, 5.74) is -0.969. The van der Waals surface area contributed by atoms with Gasteiger partial charge in [-0.25, -0.2) is 0 Å². The molecule has 5 nitrogen and oxygen atoms in total. The van der Waals surface area contributed by atoms with Crippen molar-refractivity contribution in [2.45, 2.75) is 47.6 Å². The van der Waals surface area contributed by atoms with E-state index in [1.165, 1.54) is 12.1 Å². The highest BCUT2D eigenvalue weighted by Crippen LogP contribution is 2.34. The van der Waals surface area contributed by atoms with Crippen molar-refractivity contribution < 1.29 is 24.2 Å². The summed E-state index contributed by atoms with van der Waals surface area (Å²) in [6.07, 6.45) is -0.911. The molecule has 1 atom stereocenters. The van der Waals surface area contributed by atoms with Crippen LogP contribution in [0.4, 0.5) is 0 Å². The highest BCUT2D eigenvalue weighted by molar-refractivity contribution is 6.18. The molecular weight excluding hydrogens is 332 g/mol. The molecule has 0 aliphatic carbocycles. The van der Waals surface area contributed by atoms with Crippen LogP contribution >= 0.6 is 11.6 Å². The fourth-order valence-electron chi connectivity index (χ4n) is 1.49. The van der Waals surface area contributed by atoms with Crippen molar-refractivity contribution in [1.29, 1.82) is 0 Å². The molecule has 0 spiro atoms. The lowest BCUT2D eigenvalue weighted by atomic mass is 9.97. The standard InChI is InChI=1S/C18H25ClO5/c1-17(2,3)15(21)23-13-8-7-11(12(20)10-19)9-14(13)24-16(22)18(4,5)6/h7-9,12,20H,10H2,1-6H3. The van der Waals surface area contributed by atoms with Crippen molar-refractivity contribution in [2.75, 3.05) is 5.88 Å². The van der Waals surface area contributed by atoms with Gasteiger partial charge in [-0.05, 0) is 59.2 Å². The van der Waals surface area contributed by atoms with Gasteiger partial charge in [0.25, 0.3) is 0 Å². The molecular formula is C18H25ClO5. The summed E-state index contributed by atoms with van der Waals surface area (Å²) in [4.78, 5) is 24.3. The number of carbonyl (C=O) groups excluding carboxylic acids is 2. The van der Waals surface area contributed by atoms with E-state index in [1.54, 1.807) is 47.6 Å². The second kappa shape index (κ2) is 7.53. The van der Waals surface area contributed by atoms with E-state index >= 15 is 0 Å². The van der Waals surface area contributed by atoms with Gasteiger partial charge in [0, 0.05) is 0 Å². The van der Waals surface area contributed by atoms with Gasteiger partial charge in [0.05, 0.1) is 22.8 Å². The van der Waals surface area contributed by atoms with E-state index in [9.17, 15) is 14.7 Å². The van der Waals surface area contributed by atoms with Crippen LogP contribution in [0.25, 0.3) is 0 Å². The Morgan fingerprint density at radius 1 is 1.00 bits per heavy atom. The topological polar surface area (TPSA) is 72.8 Å². The smallest absolute Gasteiger partial charge is 0.316 e. The van der Waals surface area contributed by atoms with Gasteiger partial charge in [-0.2, -0.15) is 0 Å². The second-order valence-corrected chi connectivity index (χ2v) is 7.96. The Morgan fingerprint density at radius 2 is 1.46 bits per heavy atom. The highest BCUT2D eigenvalue weighted by Gasteiger charge is 2.28. The predicted molar refractivity (Wildman–Crippen MR) is 92.3 cm³/mol. The first-order valence-corrected chi connectivity index (χ1v) is 8.22. The van der Waals surface area contributed by atoms with Crippen molar-refractivity contribution >= 4 is 23.5 Å². The van der Waals surface area contributed by atoms with Crippen LogP contribution in [-0.2, 0) is 9.59 Å². The molecule has 1 N–H and O–H groups in total. The summed E-state index contributed by atoms with van der Waals surface area (Å²) in [5, 5.41) is 9.87. The molecule has 24 heavy (non-hydrogen) atoms. The molecule has 0 amide bonds. The normalized spacial score (nSPS) is 13.3. The molecule has 1 unspecified atom stereocenters. The minimum atomic E-state index is -0.911. The number of ether oxygens (including phenoxy) is 2. The molecule has 0 fully saturated rings. The number of rotatable bonds is 4. The Hall–Kier alpha value is -1.59. The summed E-state index contributed by atoms with van der Waals surface area (Å²) < 4.78 is 10.7. The Balaban J connectivity index is 3.22. The molecule has 0 bridgehead atoms. The van der Waals surface area contributed by atoms with E-state index in [4.69, 9.17) is 21.1 Å². The van der Waals surface area contributed by atoms with Crippen molar-refractivity contribution in [3.8, 4) is 11.5 Å². The van der Waals surface area contributed by atoms with E-state index in [2.05, 4.69) is 0 Å². The SMILES string of the molecule is CC(C)(C)C(=O)Oc1ccc(C(O)CCl)cc1OC(=O)C(C)(C)C. The monoisotopic (exact) mass is 356 g/mol. The number of aliphatic hydroxyl groups is 1. The molecule has 0 aromatic heterocycles. The highest BCUT2D eigenvalue weighted by atomic mass is 35.5. The Morgan fingerprint density at radius 3 is 1.88 bits per heavy atom. The maximum Gasteiger partial charge on any atom is 0.316 e. The van der Waals surface area contributed by atoms with Crippen LogP contribution in [0.3, 0.4) is 0 Å². The first-order valence-electron chi connectivity index (χ1n) is 7.69. The zero-order chi connectivity index (χ0) is 18.7. The van der Waals surface area contributed by atoms with E-state index in [1.807, 2.05) is 0 Å². The minimum absolute atomic E-state index is 0.00617. The Bertz CT molecular complexity index is 611. The number of esters is 2. The average molecular weight is 357 g/mol. The molecule has 1 rings (SSSR count). The van der Waals surface area contributed by atoms with Crippen molar-refractivity contribution in [1.82, 2.24) is 0 Å². The van der Waals surface area contributed by atoms with Gasteiger partial charge in [-0.3, -0.25) is 9.59 Å². The number of carbonyl (C=O) groups is 2. The number of alkyl halides is 1. The van der Waals surface area contributed by atoms with Gasteiger partial charge in [0.1, 0.15) is 0 Å². The van der Waals surface area contributed by atoms with E-state index in [0.717, 1.165) is 0 Å². The zero-order valence-electron chi connectivity index (χ0n) is 15.0. The molecule has 6 heteroatoms. The molecule has 1 aromatic rings. The molecule has 0 aliphatic rings. The van der Waals surface area contributed by atoms with Crippen molar-refractivity contribution in [2.24, 2.45) is 10.8 Å². The minimum Gasteiger partial charge on any atom is -0.422 e. The predicted octanol–water partition coefficient (Wildman–Crippen LogP) is 3.86. The summed E-state index contributed by atoms with van der Waals surface area (Å²) in [7, 11) is 0. The van der Waals surface area contributed by atoms with Gasteiger partial charge in [-0.15, -0.1) is 11.6 Å². The third-order valence-electron chi connectivity index (χ3n) is 3.13. The number of benzene rings is 1. The summed E-state index contributed by atoms with van der Waals surface area (Å²) in [6.45, 7) is 10.3. The third kappa shape index (κ3) is 5.49. The third-order valence-corrected chi connectivity index (χ3v) is 3.42. The van der Waals surface area contributed by atoms with Crippen LogP contribution < -0.4 is 9.47 Å². The molecule has 1 aromatic carbocycles. The quantitative estimate of drug-likeness (QED) is 0.503. The molecule has 0 aliphatic heterocycles. The summed E-state index contributed by atoms with van der Waals surface area (Å²) in [6, 6.07) is 4.52. The van der Waals surface area contributed by atoms with E-state index in [-0.39, 0.29) is 17.4 Å². The van der Waals surface area contributed by atoms with Gasteiger partial charge < -0.3 is 14.6 Å². The first-order chi connectivity index (χ1) is 10.9. The average Bonchev–Trinajstić information content (AvgIpc) is 2.45. The number of hydrogen-bond acceptors (Lipinski definition) is 5. The lowest BCUT2D eigenvalue weighted by Gasteiger charge is -2.21. The van der Waals surface area contributed by atoms with Crippen LogP contribution in [0.5, 0.6) is 11.5 Å². The molecule has 0 heterocycles. The van der Waals surface area contributed by atoms with Gasteiger partial charge in [0.2, 0.25) is 0 Å². The number of aliphatic hydroxyl groups excluding tert-OH is 1. The summed E-state index contributed by atoms with van der Waals surface area (Å²) >= 11 is 5.66. The van der Waals surface area contributed by atoms with Crippen LogP contribution in [0, 0.1) is 10.8 Å². The largest absolute Gasteiger partial charge is 0.422 e. The number of halogens is 1. The van der Waals surface area contributed by atoms with E-state index in [0.29, 0.717) is 5.56 Å². The van der Waals surface area contributed by atoms with Crippen LogP contribution in [0.2, 0.25) is 0 Å². The maximum absolute atomic E-state index is 12.2. The van der Waals surface area contributed by atoms with Gasteiger partial charge in [0.15, 0.2) is 11.5 Å².